The summed E-state index contributed by atoms with van der Waals surface area (Å²) in [6.07, 6.45) is -0.840. The number of alkyl halides is 3. The van der Waals surface area contributed by atoms with Crippen molar-refractivity contribution in [2.75, 3.05) is 32.5 Å². The summed E-state index contributed by atoms with van der Waals surface area (Å²) < 4.78 is 65.0. The van der Waals surface area contributed by atoms with Crippen molar-refractivity contribution < 1.29 is 31.1 Å². The Morgan fingerprint density at radius 1 is 1.35 bits per heavy atom. The van der Waals surface area contributed by atoms with E-state index in [4.69, 9.17) is 0 Å². The summed E-state index contributed by atoms with van der Waals surface area (Å²) in [5.41, 5.74) is 0.206. The van der Waals surface area contributed by atoms with Crippen LogP contribution < -0.4 is 10.1 Å². The highest BCUT2D eigenvalue weighted by molar-refractivity contribution is 7.88. The number of carbonyl (C=O) groups excluding carboxylic acids is 1. The van der Waals surface area contributed by atoms with Gasteiger partial charge in [-0.1, -0.05) is 0 Å². The van der Waals surface area contributed by atoms with E-state index >= 15 is 0 Å². The fourth-order valence-corrected chi connectivity index (χ4v) is 3.41. The molecule has 1 aromatic heterocycles. The number of aromatic nitrogens is 1. The lowest BCUT2D eigenvalue weighted by Crippen LogP contribution is -2.41. The first-order chi connectivity index (χ1) is 12.0. The van der Waals surface area contributed by atoms with Crippen molar-refractivity contribution in [3.63, 3.8) is 0 Å². The fraction of sp³-hybridized carbons (Fsp3) is 0.600. The third-order valence-electron chi connectivity index (χ3n) is 3.98. The first kappa shape index (κ1) is 20.4. The molecule has 0 spiro atoms. The van der Waals surface area contributed by atoms with Gasteiger partial charge in [0.25, 0.3) is 5.91 Å². The standard InChI is InChI=1S/C15H20F3N3O4S/c1-26(23,24)21-6-4-11(5-7-21)8-20-14(22)12-2-3-13(19-9-12)25-10-15(16,17)18/h2-3,9,11H,4-8,10H2,1H3,(H,20,22). The maximum Gasteiger partial charge on any atom is 0.422 e. The van der Waals surface area contributed by atoms with Crippen LogP contribution in [0.15, 0.2) is 18.3 Å². The summed E-state index contributed by atoms with van der Waals surface area (Å²) in [7, 11) is -3.19. The molecule has 0 atom stereocenters. The zero-order valence-corrected chi connectivity index (χ0v) is 14.9. The molecule has 1 fully saturated rings. The van der Waals surface area contributed by atoms with Crippen LogP contribution in [0.5, 0.6) is 5.88 Å². The Morgan fingerprint density at radius 2 is 2.00 bits per heavy atom. The summed E-state index contributed by atoms with van der Waals surface area (Å²) in [4.78, 5) is 15.7. The predicted molar refractivity (Wildman–Crippen MR) is 87.3 cm³/mol. The highest BCUT2D eigenvalue weighted by Gasteiger charge is 2.28. The molecule has 7 nitrogen and oxygen atoms in total. The lowest BCUT2D eigenvalue weighted by atomic mass is 9.98. The van der Waals surface area contributed by atoms with Crippen molar-refractivity contribution >= 4 is 15.9 Å². The van der Waals surface area contributed by atoms with Crippen molar-refractivity contribution in [1.29, 1.82) is 0 Å². The normalized spacial score (nSPS) is 17.1. The quantitative estimate of drug-likeness (QED) is 0.787. The third kappa shape index (κ3) is 6.45. The van der Waals surface area contributed by atoms with Gasteiger partial charge in [0, 0.05) is 31.9 Å². The van der Waals surface area contributed by atoms with Crippen LogP contribution in [0.3, 0.4) is 0 Å². The molecule has 146 valence electrons. The number of amides is 1. The largest absolute Gasteiger partial charge is 0.468 e. The number of carbonyl (C=O) groups is 1. The summed E-state index contributed by atoms with van der Waals surface area (Å²) >= 11 is 0. The van der Waals surface area contributed by atoms with Gasteiger partial charge in [-0.2, -0.15) is 13.2 Å². The monoisotopic (exact) mass is 395 g/mol. The lowest BCUT2D eigenvalue weighted by Gasteiger charge is -2.30. The molecular formula is C15H20F3N3O4S. The van der Waals surface area contributed by atoms with E-state index in [1.165, 1.54) is 22.7 Å². The zero-order valence-electron chi connectivity index (χ0n) is 14.1. The van der Waals surface area contributed by atoms with Crippen molar-refractivity contribution in [1.82, 2.24) is 14.6 Å². The topological polar surface area (TPSA) is 88.6 Å². The molecule has 1 aromatic rings. The first-order valence-corrected chi connectivity index (χ1v) is 9.78. The van der Waals surface area contributed by atoms with Crippen molar-refractivity contribution in [3.05, 3.63) is 23.9 Å². The molecule has 1 amide bonds. The molecule has 0 aromatic carbocycles. The summed E-state index contributed by atoms with van der Waals surface area (Å²) in [5, 5.41) is 2.73. The average molecular weight is 395 g/mol. The minimum absolute atomic E-state index is 0.166. The van der Waals surface area contributed by atoms with Crippen molar-refractivity contribution in [2.24, 2.45) is 5.92 Å². The van der Waals surface area contributed by atoms with E-state index in [0.29, 0.717) is 32.5 Å². The zero-order chi connectivity index (χ0) is 19.4. The molecule has 1 aliphatic heterocycles. The van der Waals surface area contributed by atoms with Gasteiger partial charge >= 0.3 is 6.18 Å². The SMILES string of the molecule is CS(=O)(=O)N1CCC(CNC(=O)c2ccc(OCC(F)(F)F)nc2)CC1. The van der Waals surface area contributed by atoms with Gasteiger partial charge < -0.3 is 10.1 Å². The van der Waals surface area contributed by atoms with Gasteiger partial charge in [-0.05, 0) is 24.8 Å². The summed E-state index contributed by atoms with van der Waals surface area (Å²) in [6, 6.07) is 2.53. The maximum atomic E-state index is 12.1. The van der Waals surface area contributed by atoms with Gasteiger partial charge in [-0.15, -0.1) is 0 Å². The van der Waals surface area contributed by atoms with Crippen LogP contribution >= 0.6 is 0 Å². The molecule has 0 aliphatic carbocycles. The van der Waals surface area contributed by atoms with Gasteiger partial charge in [-0.3, -0.25) is 4.79 Å². The van der Waals surface area contributed by atoms with Gasteiger partial charge in [0.05, 0.1) is 11.8 Å². The minimum Gasteiger partial charge on any atom is -0.468 e. The number of nitrogens with one attached hydrogen (secondary N) is 1. The molecule has 1 N–H and O–H groups in total. The fourth-order valence-electron chi connectivity index (χ4n) is 2.54. The average Bonchev–Trinajstić information content (AvgIpc) is 2.57. The summed E-state index contributed by atoms with van der Waals surface area (Å²) in [5.74, 6) is -0.447. The molecule has 1 saturated heterocycles. The Bertz CT molecular complexity index is 715. The molecule has 0 saturated carbocycles. The number of sulfonamides is 1. The number of rotatable bonds is 6. The second-order valence-corrected chi connectivity index (χ2v) is 8.09. The highest BCUT2D eigenvalue weighted by Crippen LogP contribution is 2.19. The third-order valence-corrected chi connectivity index (χ3v) is 5.28. The number of halogens is 3. The number of hydrogen-bond donors (Lipinski definition) is 1. The molecule has 0 bridgehead atoms. The molecule has 0 unspecified atom stereocenters. The molecule has 0 radical (unpaired) electrons. The van der Waals surface area contributed by atoms with Gasteiger partial charge in [-0.25, -0.2) is 17.7 Å². The molecule has 2 rings (SSSR count). The smallest absolute Gasteiger partial charge is 0.422 e. The van der Waals surface area contributed by atoms with Crippen LogP contribution in [0.1, 0.15) is 23.2 Å². The Balaban J connectivity index is 1.78. The molecule has 11 heteroatoms. The summed E-state index contributed by atoms with van der Waals surface area (Å²) in [6.45, 7) is -0.210. The first-order valence-electron chi connectivity index (χ1n) is 7.93. The second-order valence-electron chi connectivity index (χ2n) is 6.10. The van der Waals surface area contributed by atoms with E-state index in [0.717, 1.165) is 6.20 Å². The van der Waals surface area contributed by atoms with Crippen LogP contribution in [-0.2, 0) is 10.0 Å². The van der Waals surface area contributed by atoms with Crippen molar-refractivity contribution in [2.45, 2.75) is 19.0 Å². The van der Waals surface area contributed by atoms with Crippen LogP contribution in [0, 0.1) is 5.92 Å². The Hall–Kier alpha value is -1.88. The Labute approximate surface area is 149 Å². The van der Waals surface area contributed by atoms with E-state index < -0.39 is 28.7 Å². The number of piperidine rings is 1. The van der Waals surface area contributed by atoms with E-state index in [1.807, 2.05) is 0 Å². The van der Waals surface area contributed by atoms with Crippen LogP contribution in [0.25, 0.3) is 0 Å². The van der Waals surface area contributed by atoms with Gasteiger partial charge in [0.15, 0.2) is 6.61 Å². The van der Waals surface area contributed by atoms with Crippen LogP contribution in [-0.4, -0.2) is 62.3 Å². The molecule has 26 heavy (non-hydrogen) atoms. The second kappa shape index (κ2) is 8.21. The lowest BCUT2D eigenvalue weighted by molar-refractivity contribution is -0.154. The Kier molecular flexibility index (Phi) is 6.45. The van der Waals surface area contributed by atoms with Crippen molar-refractivity contribution in [3.8, 4) is 5.88 Å². The minimum atomic E-state index is -4.45. The number of pyridine rings is 1. The highest BCUT2D eigenvalue weighted by atomic mass is 32.2. The van der Waals surface area contributed by atoms with Crippen LogP contribution in [0.4, 0.5) is 13.2 Å². The van der Waals surface area contributed by atoms with E-state index in [2.05, 4.69) is 15.0 Å². The molecule has 1 aliphatic rings. The van der Waals surface area contributed by atoms with Gasteiger partial charge in [0.1, 0.15) is 0 Å². The van der Waals surface area contributed by atoms with Crippen LogP contribution in [0.2, 0.25) is 0 Å². The van der Waals surface area contributed by atoms with E-state index in [1.54, 1.807) is 0 Å². The Morgan fingerprint density at radius 3 is 2.50 bits per heavy atom. The maximum absolute atomic E-state index is 12.1. The number of ether oxygens (including phenoxy) is 1. The predicted octanol–water partition coefficient (Wildman–Crippen LogP) is 1.42. The molecule has 2 heterocycles. The van der Waals surface area contributed by atoms with E-state index in [9.17, 15) is 26.4 Å². The molecular weight excluding hydrogens is 375 g/mol. The number of nitrogens with zero attached hydrogens (tertiary/aromatic N) is 2. The van der Waals surface area contributed by atoms with Gasteiger partial charge in [0.2, 0.25) is 15.9 Å². The van der Waals surface area contributed by atoms with E-state index in [-0.39, 0.29) is 17.4 Å². The number of hydrogen-bond acceptors (Lipinski definition) is 5.